The molecule has 1 atom stereocenters. The van der Waals surface area contributed by atoms with Crippen molar-refractivity contribution in [3.8, 4) is 0 Å². The number of halogens is 2. The van der Waals surface area contributed by atoms with Gasteiger partial charge in [0.15, 0.2) is 0 Å². The number of carbonyl (C=O) groups is 1. The van der Waals surface area contributed by atoms with Gasteiger partial charge in [-0.05, 0) is 31.3 Å². The van der Waals surface area contributed by atoms with E-state index in [9.17, 15) is 9.18 Å². The molecule has 1 aromatic carbocycles. The molecule has 0 aliphatic heterocycles. The van der Waals surface area contributed by atoms with Gasteiger partial charge in [-0.1, -0.05) is 29.8 Å². The highest BCUT2D eigenvalue weighted by atomic mass is 79.9. The second-order valence-electron chi connectivity index (χ2n) is 4.00. The van der Waals surface area contributed by atoms with Gasteiger partial charge in [-0.25, -0.2) is 4.39 Å². The molecule has 1 unspecified atom stereocenters. The average Bonchev–Trinajstić information content (AvgIpc) is 2.32. The minimum Gasteiger partial charge on any atom is -0.481 e. The molecule has 1 rings (SSSR count). The lowest BCUT2D eigenvalue weighted by atomic mass is 10.0. The zero-order valence-electron chi connectivity index (χ0n) is 10.5. The maximum absolute atomic E-state index is 13.9. The molecule has 0 saturated heterocycles. The van der Waals surface area contributed by atoms with E-state index in [4.69, 9.17) is 5.11 Å². The summed E-state index contributed by atoms with van der Waals surface area (Å²) in [7, 11) is 0. The maximum atomic E-state index is 13.9. The summed E-state index contributed by atoms with van der Waals surface area (Å²) in [5.74, 6) is -1.29. The average molecular weight is 318 g/mol. The molecule has 0 fully saturated rings. The first kappa shape index (κ1) is 15.1. The van der Waals surface area contributed by atoms with E-state index < -0.39 is 12.0 Å². The Bertz CT molecular complexity index is 421. The van der Waals surface area contributed by atoms with E-state index in [0.717, 1.165) is 4.47 Å². The third kappa shape index (κ3) is 3.78. The fourth-order valence-electron chi connectivity index (χ4n) is 2.04. The molecule has 3 nitrogen and oxygen atoms in total. The summed E-state index contributed by atoms with van der Waals surface area (Å²) in [5.41, 5.74) is 0.426. The minimum absolute atomic E-state index is 0.102. The summed E-state index contributed by atoms with van der Waals surface area (Å²) in [6, 6.07) is 4.19. The van der Waals surface area contributed by atoms with Crippen LogP contribution in [0.1, 0.15) is 31.9 Å². The van der Waals surface area contributed by atoms with Crippen molar-refractivity contribution in [2.24, 2.45) is 0 Å². The number of hydrogen-bond donors (Lipinski definition) is 1. The highest BCUT2D eigenvalue weighted by Crippen LogP contribution is 2.28. The Balaban J connectivity index is 3.15. The quantitative estimate of drug-likeness (QED) is 0.873. The molecule has 18 heavy (non-hydrogen) atoms. The standard InChI is InChI=1S/C13H17BrFNO2/c1-3-16(4-2)12(8-13(17)18)10-7-9(14)5-6-11(10)15/h5-7,12H,3-4,8H2,1-2H3,(H,17,18). The third-order valence-corrected chi connectivity index (χ3v) is 3.43. The first-order valence-electron chi connectivity index (χ1n) is 5.90. The van der Waals surface area contributed by atoms with Crippen molar-refractivity contribution >= 4 is 21.9 Å². The Hall–Kier alpha value is -0.940. The summed E-state index contributed by atoms with van der Waals surface area (Å²) in [4.78, 5) is 12.9. The largest absolute Gasteiger partial charge is 0.481 e. The monoisotopic (exact) mass is 317 g/mol. The van der Waals surface area contributed by atoms with Crippen LogP contribution in [0.3, 0.4) is 0 Å². The van der Waals surface area contributed by atoms with Crippen LogP contribution in [0.2, 0.25) is 0 Å². The van der Waals surface area contributed by atoms with Gasteiger partial charge in [0.1, 0.15) is 5.82 Å². The molecular weight excluding hydrogens is 301 g/mol. The van der Waals surface area contributed by atoms with Crippen LogP contribution in [0.4, 0.5) is 4.39 Å². The van der Waals surface area contributed by atoms with E-state index >= 15 is 0 Å². The van der Waals surface area contributed by atoms with Crippen LogP contribution in [0.15, 0.2) is 22.7 Å². The smallest absolute Gasteiger partial charge is 0.305 e. The molecular formula is C13H17BrFNO2. The van der Waals surface area contributed by atoms with Gasteiger partial charge in [-0.2, -0.15) is 0 Å². The lowest BCUT2D eigenvalue weighted by Gasteiger charge is -2.29. The first-order valence-corrected chi connectivity index (χ1v) is 6.69. The summed E-state index contributed by atoms with van der Waals surface area (Å²) >= 11 is 3.29. The fraction of sp³-hybridized carbons (Fsp3) is 0.462. The zero-order valence-corrected chi connectivity index (χ0v) is 12.1. The predicted octanol–water partition coefficient (Wildman–Crippen LogP) is 3.45. The summed E-state index contributed by atoms with van der Waals surface area (Å²) < 4.78 is 14.6. The van der Waals surface area contributed by atoms with Gasteiger partial charge in [-0.15, -0.1) is 0 Å². The first-order chi connectivity index (χ1) is 8.49. The molecule has 0 radical (unpaired) electrons. The third-order valence-electron chi connectivity index (χ3n) is 2.94. The molecule has 100 valence electrons. The van der Waals surface area contributed by atoms with E-state index in [1.54, 1.807) is 12.1 Å². The molecule has 0 aliphatic rings. The molecule has 1 aromatic rings. The molecule has 0 heterocycles. The number of nitrogens with zero attached hydrogens (tertiary/aromatic N) is 1. The Morgan fingerprint density at radius 1 is 1.44 bits per heavy atom. The van der Waals surface area contributed by atoms with Crippen molar-refractivity contribution in [2.75, 3.05) is 13.1 Å². The van der Waals surface area contributed by atoms with Crippen molar-refractivity contribution in [1.29, 1.82) is 0 Å². The van der Waals surface area contributed by atoms with Gasteiger partial charge in [0.05, 0.1) is 6.42 Å². The SMILES string of the molecule is CCN(CC)C(CC(=O)O)c1cc(Br)ccc1F. The number of carboxylic acid groups (broad SMARTS) is 1. The van der Waals surface area contributed by atoms with Crippen LogP contribution < -0.4 is 0 Å². The topological polar surface area (TPSA) is 40.5 Å². The van der Waals surface area contributed by atoms with Gasteiger partial charge in [0, 0.05) is 16.1 Å². The maximum Gasteiger partial charge on any atom is 0.305 e. The summed E-state index contributed by atoms with van der Waals surface area (Å²) in [6.07, 6.45) is -0.102. The second-order valence-corrected chi connectivity index (χ2v) is 4.92. The molecule has 0 bridgehead atoms. The molecule has 0 spiro atoms. The van der Waals surface area contributed by atoms with Crippen LogP contribution in [0.25, 0.3) is 0 Å². The van der Waals surface area contributed by atoms with Crippen molar-refractivity contribution < 1.29 is 14.3 Å². The van der Waals surface area contributed by atoms with E-state index in [1.165, 1.54) is 6.07 Å². The van der Waals surface area contributed by atoms with Crippen LogP contribution in [-0.4, -0.2) is 29.1 Å². The van der Waals surface area contributed by atoms with Crippen LogP contribution in [0, 0.1) is 5.82 Å². The van der Waals surface area contributed by atoms with Gasteiger partial charge in [0.25, 0.3) is 0 Å². The number of carboxylic acids is 1. The van der Waals surface area contributed by atoms with Gasteiger partial charge >= 0.3 is 5.97 Å². The van der Waals surface area contributed by atoms with Crippen molar-refractivity contribution in [3.05, 3.63) is 34.1 Å². The normalized spacial score (nSPS) is 12.7. The summed E-state index contributed by atoms with van der Waals surface area (Å²) in [5, 5.41) is 8.98. The molecule has 0 aromatic heterocycles. The lowest BCUT2D eigenvalue weighted by Crippen LogP contribution is -2.30. The van der Waals surface area contributed by atoms with Gasteiger partial charge in [0.2, 0.25) is 0 Å². The van der Waals surface area contributed by atoms with Crippen LogP contribution in [0.5, 0.6) is 0 Å². The fourth-order valence-corrected chi connectivity index (χ4v) is 2.41. The number of benzene rings is 1. The van der Waals surface area contributed by atoms with Gasteiger partial charge in [-0.3, -0.25) is 9.69 Å². The van der Waals surface area contributed by atoms with Gasteiger partial charge < -0.3 is 5.11 Å². The Morgan fingerprint density at radius 3 is 2.56 bits per heavy atom. The molecule has 0 amide bonds. The zero-order chi connectivity index (χ0) is 13.7. The Labute approximate surface area is 115 Å². The highest BCUT2D eigenvalue weighted by molar-refractivity contribution is 9.10. The van der Waals surface area contributed by atoms with E-state index in [1.807, 2.05) is 18.7 Å². The minimum atomic E-state index is -0.925. The van der Waals surface area contributed by atoms with E-state index in [2.05, 4.69) is 15.9 Å². The number of aliphatic carboxylic acids is 1. The highest BCUT2D eigenvalue weighted by Gasteiger charge is 2.24. The van der Waals surface area contributed by atoms with Crippen molar-refractivity contribution in [1.82, 2.24) is 4.90 Å². The van der Waals surface area contributed by atoms with Crippen molar-refractivity contribution in [2.45, 2.75) is 26.3 Å². The van der Waals surface area contributed by atoms with E-state index in [-0.39, 0.29) is 12.2 Å². The molecule has 5 heteroatoms. The molecule has 0 aliphatic carbocycles. The Morgan fingerprint density at radius 2 is 2.06 bits per heavy atom. The van der Waals surface area contributed by atoms with Crippen LogP contribution >= 0.6 is 15.9 Å². The van der Waals surface area contributed by atoms with Crippen molar-refractivity contribution in [3.63, 3.8) is 0 Å². The summed E-state index contributed by atoms with van der Waals surface area (Å²) in [6.45, 7) is 5.24. The number of hydrogen-bond acceptors (Lipinski definition) is 2. The molecule has 0 saturated carbocycles. The second kappa shape index (κ2) is 6.85. The van der Waals surface area contributed by atoms with E-state index in [0.29, 0.717) is 18.7 Å². The molecule has 1 N–H and O–H groups in total. The Kier molecular flexibility index (Phi) is 5.75. The lowest BCUT2D eigenvalue weighted by molar-refractivity contribution is -0.138. The van der Waals surface area contributed by atoms with Crippen LogP contribution in [-0.2, 0) is 4.79 Å². The predicted molar refractivity (Wildman–Crippen MR) is 72.0 cm³/mol. The number of rotatable bonds is 6.